The predicted molar refractivity (Wildman–Crippen MR) is 115 cm³/mol. The van der Waals surface area contributed by atoms with Crippen LogP contribution >= 0.6 is 0 Å². The number of likely N-dealkylation sites (tertiary alicyclic amines) is 1. The summed E-state index contributed by atoms with van der Waals surface area (Å²) in [4.78, 5) is 10.1. The third kappa shape index (κ3) is 6.63. The molecule has 0 spiro atoms. The van der Waals surface area contributed by atoms with E-state index in [1.165, 1.54) is 25.8 Å². The van der Waals surface area contributed by atoms with Gasteiger partial charge in [-0.1, -0.05) is 34.6 Å². The van der Waals surface area contributed by atoms with Crippen molar-refractivity contribution in [1.82, 2.24) is 15.1 Å². The van der Waals surface area contributed by atoms with Gasteiger partial charge in [0.25, 0.3) is 0 Å². The maximum atomic E-state index is 6.15. The van der Waals surface area contributed by atoms with Gasteiger partial charge in [0.15, 0.2) is 5.96 Å². The molecule has 0 radical (unpaired) electrons. The number of rotatable bonds is 7. The van der Waals surface area contributed by atoms with Crippen LogP contribution in [0.4, 0.5) is 0 Å². The first-order valence-electron chi connectivity index (χ1n) is 11.3. The van der Waals surface area contributed by atoms with E-state index in [1.54, 1.807) is 0 Å². The van der Waals surface area contributed by atoms with Gasteiger partial charge in [0, 0.05) is 45.2 Å². The third-order valence-electron chi connectivity index (χ3n) is 6.11. The van der Waals surface area contributed by atoms with E-state index in [0.717, 1.165) is 57.8 Å². The normalized spacial score (nSPS) is 27.4. The van der Waals surface area contributed by atoms with E-state index in [1.807, 2.05) is 0 Å². The molecule has 2 heterocycles. The summed E-state index contributed by atoms with van der Waals surface area (Å²) in [6.45, 7) is 22.1. The van der Waals surface area contributed by atoms with Crippen molar-refractivity contribution < 1.29 is 4.74 Å². The fourth-order valence-electron chi connectivity index (χ4n) is 4.64. The maximum absolute atomic E-state index is 6.15. The van der Waals surface area contributed by atoms with Crippen LogP contribution in [0.5, 0.6) is 0 Å². The second kappa shape index (κ2) is 10.7. The van der Waals surface area contributed by atoms with E-state index in [9.17, 15) is 0 Å². The topological polar surface area (TPSA) is 40.1 Å². The fraction of sp³-hybridized carbons (Fsp3) is 0.955. The third-order valence-corrected chi connectivity index (χ3v) is 6.11. The molecule has 5 heteroatoms. The molecule has 0 aromatic heterocycles. The highest BCUT2D eigenvalue weighted by Crippen LogP contribution is 2.34. The Morgan fingerprint density at radius 1 is 1.19 bits per heavy atom. The lowest BCUT2D eigenvalue weighted by atomic mass is 9.78. The molecule has 2 saturated heterocycles. The van der Waals surface area contributed by atoms with E-state index in [0.29, 0.717) is 12.0 Å². The van der Waals surface area contributed by atoms with Gasteiger partial charge < -0.3 is 19.9 Å². The SMILES string of the molecule is CCNC(=NCC1CCCOC1C(C)(C)C)N1CCC(CN(CC)CC)C1. The second-order valence-electron chi connectivity index (χ2n) is 9.34. The van der Waals surface area contributed by atoms with Crippen LogP contribution in [0, 0.1) is 17.3 Å². The number of aliphatic imine (C=N–C) groups is 1. The first-order valence-corrected chi connectivity index (χ1v) is 11.3. The molecular formula is C22H44N4O. The zero-order valence-corrected chi connectivity index (χ0v) is 18.8. The van der Waals surface area contributed by atoms with Crippen LogP contribution in [0.25, 0.3) is 0 Å². The number of nitrogens with one attached hydrogen (secondary N) is 1. The van der Waals surface area contributed by atoms with Crippen LogP contribution in [0.2, 0.25) is 0 Å². The lowest BCUT2D eigenvalue weighted by Crippen LogP contribution is -2.43. The quantitative estimate of drug-likeness (QED) is 0.542. The lowest BCUT2D eigenvalue weighted by Gasteiger charge is -2.39. The summed E-state index contributed by atoms with van der Waals surface area (Å²) in [6, 6.07) is 0. The molecule has 0 aliphatic carbocycles. The highest BCUT2D eigenvalue weighted by molar-refractivity contribution is 5.80. The molecule has 5 nitrogen and oxygen atoms in total. The van der Waals surface area contributed by atoms with Crippen molar-refractivity contribution in [2.75, 3.05) is 52.4 Å². The molecule has 0 saturated carbocycles. The molecule has 1 N–H and O–H groups in total. The van der Waals surface area contributed by atoms with Crippen molar-refractivity contribution in [3.05, 3.63) is 0 Å². The smallest absolute Gasteiger partial charge is 0.193 e. The Balaban J connectivity index is 1.97. The van der Waals surface area contributed by atoms with Crippen LogP contribution < -0.4 is 5.32 Å². The molecule has 27 heavy (non-hydrogen) atoms. The van der Waals surface area contributed by atoms with Crippen molar-refractivity contribution >= 4 is 5.96 Å². The van der Waals surface area contributed by atoms with Crippen LogP contribution in [0.1, 0.15) is 60.8 Å². The Morgan fingerprint density at radius 2 is 1.93 bits per heavy atom. The molecular weight excluding hydrogens is 336 g/mol. The van der Waals surface area contributed by atoms with Crippen LogP contribution in [0.3, 0.4) is 0 Å². The summed E-state index contributed by atoms with van der Waals surface area (Å²) in [7, 11) is 0. The zero-order chi connectivity index (χ0) is 19.9. The average Bonchev–Trinajstić information content (AvgIpc) is 3.11. The minimum atomic E-state index is 0.182. The summed E-state index contributed by atoms with van der Waals surface area (Å²) in [5.41, 5.74) is 0.182. The maximum Gasteiger partial charge on any atom is 0.193 e. The standard InChI is InChI=1S/C22H44N4O/c1-7-23-21(26-13-12-18(17-26)16-25(8-2)9-3)24-15-19-11-10-14-27-20(19)22(4,5)6/h18-20H,7-17H2,1-6H3,(H,23,24). The Labute approximate surface area is 167 Å². The molecule has 0 aromatic carbocycles. The van der Waals surface area contributed by atoms with Gasteiger partial charge in [-0.2, -0.15) is 0 Å². The van der Waals surface area contributed by atoms with Gasteiger partial charge in [-0.15, -0.1) is 0 Å². The Hall–Kier alpha value is -0.810. The van der Waals surface area contributed by atoms with Crippen molar-refractivity contribution in [2.24, 2.45) is 22.2 Å². The number of nitrogens with zero attached hydrogens (tertiary/aromatic N) is 3. The van der Waals surface area contributed by atoms with Gasteiger partial charge in [0.1, 0.15) is 0 Å². The zero-order valence-electron chi connectivity index (χ0n) is 18.8. The molecule has 3 atom stereocenters. The highest BCUT2D eigenvalue weighted by atomic mass is 16.5. The van der Waals surface area contributed by atoms with Gasteiger partial charge in [-0.05, 0) is 50.6 Å². The number of ether oxygens (including phenoxy) is 1. The van der Waals surface area contributed by atoms with Crippen LogP contribution in [0.15, 0.2) is 4.99 Å². The highest BCUT2D eigenvalue weighted by Gasteiger charge is 2.35. The molecule has 2 rings (SSSR count). The van der Waals surface area contributed by atoms with Crippen molar-refractivity contribution in [3.63, 3.8) is 0 Å². The van der Waals surface area contributed by atoms with Gasteiger partial charge in [-0.25, -0.2) is 0 Å². The summed E-state index contributed by atoms with van der Waals surface area (Å²) in [6.07, 6.45) is 3.98. The molecule has 2 aliphatic heterocycles. The molecule has 0 aromatic rings. The lowest BCUT2D eigenvalue weighted by molar-refractivity contribution is -0.0824. The largest absolute Gasteiger partial charge is 0.377 e. The van der Waals surface area contributed by atoms with Crippen molar-refractivity contribution in [1.29, 1.82) is 0 Å². The molecule has 158 valence electrons. The Kier molecular flexibility index (Phi) is 8.87. The van der Waals surface area contributed by atoms with Gasteiger partial charge in [0.05, 0.1) is 6.10 Å². The average molecular weight is 381 g/mol. The Bertz CT molecular complexity index is 456. The summed E-state index contributed by atoms with van der Waals surface area (Å²) in [5, 5.41) is 3.54. The molecule has 3 unspecified atom stereocenters. The Morgan fingerprint density at radius 3 is 2.56 bits per heavy atom. The van der Waals surface area contributed by atoms with E-state index in [-0.39, 0.29) is 5.41 Å². The van der Waals surface area contributed by atoms with Gasteiger partial charge >= 0.3 is 0 Å². The summed E-state index contributed by atoms with van der Waals surface area (Å²) >= 11 is 0. The van der Waals surface area contributed by atoms with Crippen molar-refractivity contribution in [2.45, 2.75) is 66.9 Å². The van der Waals surface area contributed by atoms with Gasteiger partial charge in [-0.3, -0.25) is 4.99 Å². The monoisotopic (exact) mass is 380 g/mol. The predicted octanol–water partition coefficient (Wildman–Crippen LogP) is 3.46. The van der Waals surface area contributed by atoms with E-state index < -0.39 is 0 Å². The number of hydrogen-bond acceptors (Lipinski definition) is 3. The second-order valence-corrected chi connectivity index (χ2v) is 9.34. The first kappa shape index (κ1) is 22.5. The van der Waals surface area contributed by atoms with E-state index in [4.69, 9.17) is 9.73 Å². The first-order chi connectivity index (χ1) is 12.9. The van der Waals surface area contributed by atoms with Crippen molar-refractivity contribution in [3.8, 4) is 0 Å². The fourth-order valence-corrected chi connectivity index (χ4v) is 4.64. The van der Waals surface area contributed by atoms with Crippen LogP contribution in [-0.4, -0.2) is 74.3 Å². The number of guanidine groups is 1. The van der Waals surface area contributed by atoms with E-state index in [2.05, 4.69) is 56.7 Å². The minimum Gasteiger partial charge on any atom is -0.377 e. The molecule has 2 fully saturated rings. The molecule has 0 bridgehead atoms. The van der Waals surface area contributed by atoms with E-state index >= 15 is 0 Å². The summed E-state index contributed by atoms with van der Waals surface area (Å²) < 4.78 is 6.15. The van der Waals surface area contributed by atoms with Gasteiger partial charge in [0.2, 0.25) is 0 Å². The molecule has 0 amide bonds. The summed E-state index contributed by atoms with van der Waals surface area (Å²) in [5.74, 6) is 2.40. The molecule has 2 aliphatic rings. The minimum absolute atomic E-state index is 0.182. The van der Waals surface area contributed by atoms with Crippen LogP contribution in [-0.2, 0) is 4.74 Å². The number of hydrogen-bond donors (Lipinski definition) is 1.